The summed E-state index contributed by atoms with van der Waals surface area (Å²) in [5.74, 6) is -1.28. The number of benzene rings is 1. The molecule has 1 unspecified atom stereocenters. The Balaban J connectivity index is 2.02. The summed E-state index contributed by atoms with van der Waals surface area (Å²) in [6.45, 7) is 0.836. The summed E-state index contributed by atoms with van der Waals surface area (Å²) >= 11 is 0. The van der Waals surface area contributed by atoms with E-state index >= 15 is 0 Å². The predicted octanol–water partition coefficient (Wildman–Crippen LogP) is 2.22. The highest BCUT2D eigenvalue weighted by atomic mass is 19.1. The zero-order valence-corrected chi connectivity index (χ0v) is 9.51. The van der Waals surface area contributed by atoms with Gasteiger partial charge in [0.05, 0.1) is 6.04 Å². The van der Waals surface area contributed by atoms with E-state index in [0.717, 1.165) is 31.9 Å². The molecule has 0 aromatic heterocycles. The van der Waals surface area contributed by atoms with E-state index in [4.69, 9.17) is 0 Å². The van der Waals surface area contributed by atoms with Gasteiger partial charge in [0.15, 0.2) is 5.78 Å². The molecule has 92 valence electrons. The van der Waals surface area contributed by atoms with Crippen molar-refractivity contribution in [2.24, 2.45) is 0 Å². The van der Waals surface area contributed by atoms with E-state index in [1.165, 1.54) is 12.1 Å². The zero-order chi connectivity index (χ0) is 12.3. The van der Waals surface area contributed by atoms with E-state index in [1.54, 1.807) is 0 Å². The summed E-state index contributed by atoms with van der Waals surface area (Å²) < 4.78 is 26.1. The number of rotatable bonds is 3. The normalized spacial score (nSPS) is 20.2. The van der Waals surface area contributed by atoms with Crippen LogP contribution in [0.1, 0.15) is 24.8 Å². The Labute approximate surface area is 99.0 Å². The molecule has 1 aliphatic rings. The van der Waals surface area contributed by atoms with E-state index in [9.17, 15) is 13.6 Å². The van der Waals surface area contributed by atoms with Crippen molar-refractivity contribution < 1.29 is 13.6 Å². The maximum absolute atomic E-state index is 13.4. The lowest BCUT2D eigenvalue weighted by Gasteiger charge is -2.22. The summed E-state index contributed by atoms with van der Waals surface area (Å²) in [6.07, 6.45) is 2.94. The molecule has 4 heteroatoms. The van der Waals surface area contributed by atoms with Crippen LogP contribution in [-0.4, -0.2) is 18.4 Å². The molecule has 0 radical (unpaired) electrons. The van der Waals surface area contributed by atoms with Crippen molar-refractivity contribution >= 4 is 5.78 Å². The second kappa shape index (κ2) is 5.36. The molecule has 0 aliphatic carbocycles. The Bertz CT molecular complexity index is 414. The maximum atomic E-state index is 13.4. The molecule has 1 aromatic rings. The smallest absolute Gasteiger partial charge is 0.154 e. The SMILES string of the molecule is O=C(Cc1ccc(F)cc1F)C1CCCCN1. The molecule has 0 amide bonds. The lowest BCUT2D eigenvalue weighted by Crippen LogP contribution is -2.41. The quantitative estimate of drug-likeness (QED) is 0.876. The lowest BCUT2D eigenvalue weighted by atomic mass is 9.96. The van der Waals surface area contributed by atoms with Crippen LogP contribution in [-0.2, 0) is 11.2 Å². The largest absolute Gasteiger partial charge is 0.307 e. The number of Topliss-reactive ketones (excluding diaryl/α,β-unsaturated/α-hetero) is 1. The summed E-state index contributed by atoms with van der Waals surface area (Å²) in [4.78, 5) is 11.9. The van der Waals surface area contributed by atoms with E-state index < -0.39 is 11.6 Å². The Morgan fingerprint density at radius 2 is 2.18 bits per heavy atom. The lowest BCUT2D eigenvalue weighted by molar-refractivity contribution is -0.121. The topological polar surface area (TPSA) is 29.1 Å². The van der Waals surface area contributed by atoms with Gasteiger partial charge in [-0.25, -0.2) is 8.78 Å². The fraction of sp³-hybridized carbons (Fsp3) is 0.462. The van der Waals surface area contributed by atoms with Gasteiger partial charge in [-0.15, -0.1) is 0 Å². The summed E-state index contributed by atoms with van der Waals surface area (Å²) in [5.41, 5.74) is 0.267. The number of hydrogen-bond donors (Lipinski definition) is 1. The fourth-order valence-electron chi connectivity index (χ4n) is 2.10. The maximum Gasteiger partial charge on any atom is 0.154 e. The summed E-state index contributed by atoms with van der Waals surface area (Å²) in [6, 6.07) is 3.16. The highest BCUT2D eigenvalue weighted by molar-refractivity contribution is 5.86. The first-order valence-corrected chi connectivity index (χ1v) is 5.87. The second-order valence-corrected chi connectivity index (χ2v) is 4.38. The number of nitrogens with one attached hydrogen (secondary N) is 1. The minimum absolute atomic E-state index is 0.0183. The molecule has 1 N–H and O–H groups in total. The van der Waals surface area contributed by atoms with E-state index in [0.29, 0.717) is 0 Å². The Kier molecular flexibility index (Phi) is 3.84. The standard InChI is InChI=1S/C13H15F2NO/c14-10-5-4-9(11(15)8-10)7-13(17)12-3-1-2-6-16-12/h4-5,8,12,16H,1-3,6-7H2. The highest BCUT2D eigenvalue weighted by Crippen LogP contribution is 2.14. The molecule has 1 saturated heterocycles. The Morgan fingerprint density at radius 1 is 1.35 bits per heavy atom. The van der Waals surface area contributed by atoms with Crippen molar-refractivity contribution in [3.8, 4) is 0 Å². The molecule has 1 atom stereocenters. The van der Waals surface area contributed by atoms with Crippen LogP contribution >= 0.6 is 0 Å². The molecule has 0 bridgehead atoms. The summed E-state index contributed by atoms with van der Waals surface area (Å²) in [7, 11) is 0. The molecule has 1 fully saturated rings. The van der Waals surface area contributed by atoms with Gasteiger partial charge in [0, 0.05) is 12.5 Å². The number of carbonyl (C=O) groups is 1. The molecule has 1 aromatic carbocycles. The minimum Gasteiger partial charge on any atom is -0.307 e. The van der Waals surface area contributed by atoms with Crippen LogP contribution in [0.2, 0.25) is 0 Å². The van der Waals surface area contributed by atoms with E-state index in [1.807, 2.05) is 0 Å². The van der Waals surface area contributed by atoms with Crippen molar-refractivity contribution in [1.29, 1.82) is 0 Å². The Hall–Kier alpha value is -1.29. The van der Waals surface area contributed by atoms with Crippen LogP contribution in [0.5, 0.6) is 0 Å². The fourth-order valence-corrected chi connectivity index (χ4v) is 2.10. The Morgan fingerprint density at radius 3 is 2.82 bits per heavy atom. The molecule has 1 heterocycles. The van der Waals surface area contributed by atoms with Gasteiger partial charge in [0.25, 0.3) is 0 Å². The average molecular weight is 239 g/mol. The third-order valence-electron chi connectivity index (χ3n) is 3.08. The van der Waals surface area contributed by atoms with Crippen molar-refractivity contribution in [2.75, 3.05) is 6.54 Å². The molecule has 17 heavy (non-hydrogen) atoms. The first-order chi connectivity index (χ1) is 8.16. The third-order valence-corrected chi connectivity index (χ3v) is 3.08. The predicted molar refractivity (Wildman–Crippen MR) is 60.7 cm³/mol. The van der Waals surface area contributed by atoms with Gasteiger partial charge in [-0.1, -0.05) is 12.5 Å². The number of hydrogen-bond acceptors (Lipinski definition) is 2. The third kappa shape index (κ3) is 3.09. The monoisotopic (exact) mass is 239 g/mol. The van der Waals surface area contributed by atoms with E-state index in [-0.39, 0.29) is 23.8 Å². The minimum atomic E-state index is -0.644. The van der Waals surface area contributed by atoms with Crippen molar-refractivity contribution in [3.05, 3.63) is 35.4 Å². The number of halogens is 2. The number of piperidine rings is 1. The molecular weight excluding hydrogens is 224 g/mol. The molecule has 0 spiro atoms. The van der Waals surface area contributed by atoms with Gasteiger partial charge < -0.3 is 5.32 Å². The van der Waals surface area contributed by atoms with Gasteiger partial charge >= 0.3 is 0 Å². The number of carbonyl (C=O) groups excluding carboxylic acids is 1. The van der Waals surface area contributed by atoms with Crippen molar-refractivity contribution in [2.45, 2.75) is 31.7 Å². The van der Waals surface area contributed by atoms with Gasteiger partial charge in [-0.05, 0) is 31.0 Å². The average Bonchev–Trinajstić information content (AvgIpc) is 2.34. The van der Waals surface area contributed by atoms with Crippen LogP contribution in [0.3, 0.4) is 0 Å². The molecule has 2 nitrogen and oxygen atoms in total. The molecular formula is C13H15F2NO. The molecule has 0 saturated carbocycles. The van der Waals surface area contributed by atoms with Crippen molar-refractivity contribution in [3.63, 3.8) is 0 Å². The first kappa shape index (κ1) is 12.2. The summed E-state index contributed by atoms with van der Waals surface area (Å²) in [5, 5.41) is 3.12. The van der Waals surface area contributed by atoms with Crippen molar-refractivity contribution in [1.82, 2.24) is 5.32 Å². The van der Waals surface area contributed by atoms with Crippen LogP contribution in [0.25, 0.3) is 0 Å². The van der Waals surface area contributed by atoms with Gasteiger partial charge in [0.1, 0.15) is 11.6 Å². The molecule has 1 aliphatic heterocycles. The second-order valence-electron chi connectivity index (χ2n) is 4.38. The number of ketones is 1. The van der Waals surface area contributed by atoms with Crippen LogP contribution in [0, 0.1) is 11.6 Å². The van der Waals surface area contributed by atoms with Crippen LogP contribution in [0.4, 0.5) is 8.78 Å². The zero-order valence-electron chi connectivity index (χ0n) is 9.51. The first-order valence-electron chi connectivity index (χ1n) is 5.87. The highest BCUT2D eigenvalue weighted by Gasteiger charge is 2.21. The van der Waals surface area contributed by atoms with Crippen LogP contribution < -0.4 is 5.32 Å². The van der Waals surface area contributed by atoms with Gasteiger partial charge in [-0.3, -0.25) is 4.79 Å². The van der Waals surface area contributed by atoms with Crippen LogP contribution in [0.15, 0.2) is 18.2 Å². The van der Waals surface area contributed by atoms with Gasteiger partial charge in [-0.2, -0.15) is 0 Å². The van der Waals surface area contributed by atoms with Gasteiger partial charge in [0.2, 0.25) is 0 Å². The van der Waals surface area contributed by atoms with E-state index in [2.05, 4.69) is 5.32 Å². The molecule has 2 rings (SSSR count).